The van der Waals surface area contributed by atoms with E-state index >= 15 is 0 Å². The van der Waals surface area contributed by atoms with Gasteiger partial charge in [0.25, 0.3) is 0 Å². The predicted octanol–water partition coefficient (Wildman–Crippen LogP) is 3.26. The zero-order valence-corrected chi connectivity index (χ0v) is 16.8. The van der Waals surface area contributed by atoms with E-state index in [2.05, 4.69) is 10.0 Å². The number of hydrogen-bond donors (Lipinski definition) is 2. The number of anilines is 1. The van der Waals surface area contributed by atoms with Crippen LogP contribution in [0.25, 0.3) is 0 Å². The van der Waals surface area contributed by atoms with Gasteiger partial charge in [-0.15, -0.1) is 0 Å². The fourth-order valence-corrected chi connectivity index (χ4v) is 4.89. The summed E-state index contributed by atoms with van der Waals surface area (Å²) >= 11 is 0. The van der Waals surface area contributed by atoms with Crippen molar-refractivity contribution in [3.8, 4) is 0 Å². The largest absolute Gasteiger partial charge is 0.354 e. The molecule has 1 aliphatic rings. The molecule has 4 rings (SSSR count). The van der Waals surface area contributed by atoms with Crippen LogP contribution in [0.5, 0.6) is 0 Å². The first-order chi connectivity index (χ1) is 13.9. The van der Waals surface area contributed by atoms with E-state index in [0.717, 1.165) is 17.4 Å². The molecule has 6 heteroatoms. The molecule has 0 bridgehead atoms. The summed E-state index contributed by atoms with van der Waals surface area (Å²) in [5.41, 5.74) is 1.84. The minimum atomic E-state index is -3.52. The van der Waals surface area contributed by atoms with Gasteiger partial charge in [0.2, 0.25) is 15.9 Å². The molecule has 0 aliphatic carbocycles. The Hall–Kier alpha value is -3.12. The molecular weight excluding hydrogens is 384 g/mol. The first-order valence-electron chi connectivity index (χ1n) is 9.39. The topological polar surface area (TPSA) is 75.3 Å². The highest BCUT2D eigenvalue weighted by molar-refractivity contribution is 7.92. The van der Waals surface area contributed by atoms with Crippen LogP contribution in [-0.2, 0) is 20.2 Å². The van der Waals surface area contributed by atoms with E-state index in [-0.39, 0.29) is 11.8 Å². The molecule has 1 aliphatic heterocycles. The molecule has 29 heavy (non-hydrogen) atoms. The van der Waals surface area contributed by atoms with Gasteiger partial charge in [0.15, 0.2) is 0 Å². The summed E-state index contributed by atoms with van der Waals surface area (Å²) in [6.45, 7) is 0.463. The maximum Gasteiger partial charge on any atom is 0.235 e. The molecule has 2 atom stereocenters. The van der Waals surface area contributed by atoms with E-state index in [9.17, 15) is 13.2 Å². The van der Waals surface area contributed by atoms with Gasteiger partial charge in [-0.25, -0.2) is 8.42 Å². The molecule has 0 spiro atoms. The third kappa shape index (κ3) is 3.40. The van der Waals surface area contributed by atoms with Gasteiger partial charge >= 0.3 is 0 Å². The van der Waals surface area contributed by atoms with Gasteiger partial charge < -0.3 is 5.32 Å². The van der Waals surface area contributed by atoms with Gasteiger partial charge in [0.1, 0.15) is 5.41 Å². The summed E-state index contributed by atoms with van der Waals surface area (Å²) in [4.78, 5) is 13.5. The van der Waals surface area contributed by atoms with Crippen LogP contribution < -0.4 is 10.0 Å². The fraction of sp³-hybridized carbons (Fsp3) is 0.174. The zero-order chi connectivity index (χ0) is 20.5. The summed E-state index contributed by atoms with van der Waals surface area (Å²) < 4.78 is 26.7. The normalized spacial score (nSPS) is 21.6. The molecule has 0 saturated carbocycles. The van der Waals surface area contributed by atoms with Gasteiger partial charge in [-0.1, -0.05) is 78.9 Å². The van der Waals surface area contributed by atoms with Crippen LogP contribution in [0.15, 0.2) is 84.9 Å². The molecule has 0 unspecified atom stereocenters. The van der Waals surface area contributed by atoms with Gasteiger partial charge in [-0.3, -0.25) is 9.52 Å². The predicted molar refractivity (Wildman–Crippen MR) is 114 cm³/mol. The lowest BCUT2D eigenvalue weighted by molar-refractivity contribution is -0.122. The summed E-state index contributed by atoms with van der Waals surface area (Å²) in [5.74, 6) is -0.332. The molecule has 1 saturated heterocycles. The molecule has 0 radical (unpaired) electrons. The van der Waals surface area contributed by atoms with Crippen LogP contribution >= 0.6 is 0 Å². The van der Waals surface area contributed by atoms with Crippen molar-refractivity contribution in [3.05, 3.63) is 102 Å². The highest BCUT2D eigenvalue weighted by atomic mass is 32.2. The zero-order valence-electron chi connectivity index (χ0n) is 16.0. The number of carbonyl (C=O) groups is 1. The summed E-state index contributed by atoms with van der Waals surface area (Å²) in [7, 11) is -3.52. The molecule has 148 valence electrons. The second kappa shape index (κ2) is 7.37. The van der Waals surface area contributed by atoms with Crippen molar-refractivity contribution >= 4 is 21.6 Å². The van der Waals surface area contributed by atoms with Crippen molar-refractivity contribution in [2.45, 2.75) is 11.3 Å². The molecule has 5 nitrogen and oxygen atoms in total. The van der Waals surface area contributed by atoms with Crippen molar-refractivity contribution in [3.63, 3.8) is 0 Å². The molecule has 0 aromatic heterocycles. The Morgan fingerprint density at radius 3 is 2.14 bits per heavy atom. The highest BCUT2D eigenvalue weighted by Gasteiger charge is 2.54. The maximum atomic E-state index is 13.5. The second-order valence-electron chi connectivity index (χ2n) is 7.27. The van der Waals surface area contributed by atoms with Gasteiger partial charge in [0.05, 0.1) is 11.9 Å². The number of rotatable bonds is 5. The average Bonchev–Trinajstić information content (AvgIpc) is 3.06. The Morgan fingerprint density at radius 2 is 1.48 bits per heavy atom. The number of amides is 1. The Morgan fingerprint density at radius 1 is 0.897 bits per heavy atom. The van der Waals surface area contributed by atoms with Gasteiger partial charge in [-0.05, 0) is 22.8 Å². The SMILES string of the molecule is CS(=O)(=O)Nc1ccccc1[C@]1(c2ccccc2)C(=O)NC[C@H]1c1ccccc1. The smallest absolute Gasteiger partial charge is 0.235 e. The monoisotopic (exact) mass is 406 g/mol. The van der Waals surface area contributed by atoms with E-state index in [0.29, 0.717) is 17.8 Å². The standard InChI is InChI=1S/C23H22N2O3S/c1-29(27,28)25-21-15-9-8-14-19(21)23(18-12-6-3-7-13-18)20(16-24-22(23)26)17-10-4-2-5-11-17/h2-15,20,25H,16H2,1H3,(H,24,26)/t20-,23-/m0/s1. The van der Waals surface area contributed by atoms with E-state index < -0.39 is 15.4 Å². The van der Waals surface area contributed by atoms with Crippen molar-refractivity contribution < 1.29 is 13.2 Å². The summed E-state index contributed by atoms with van der Waals surface area (Å²) in [5, 5.41) is 3.03. The van der Waals surface area contributed by atoms with Crippen molar-refractivity contribution in [1.29, 1.82) is 0 Å². The number of para-hydroxylation sites is 1. The van der Waals surface area contributed by atoms with Crippen LogP contribution in [0.1, 0.15) is 22.6 Å². The molecule has 1 fully saturated rings. The molecule has 1 heterocycles. The van der Waals surface area contributed by atoms with Crippen LogP contribution in [-0.4, -0.2) is 27.1 Å². The average molecular weight is 407 g/mol. The highest BCUT2D eigenvalue weighted by Crippen LogP contribution is 2.50. The second-order valence-corrected chi connectivity index (χ2v) is 9.02. The Kier molecular flexibility index (Phi) is 4.88. The van der Waals surface area contributed by atoms with Crippen LogP contribution in [0.4, 0.5) is 5.69 Å². The van der Waals surface area contributed by atoms with Crippen LogP contribution in [0.3, 0.4) is 0 Å². The van der Waals surface area contributed by atoms with Gasteiger partial charge in [0, 0.05) is 12.5 Å². The minimum absolute atomic E-state index is 0.139. The number of carbonyl (C=O) groups excluding carboxylic acids is 1. The van der Waals surface area contributed by atoms with Crippen LogP contribution in [0.2, 0.25) is 0 Å². The molecule has 3 aromatic carbocycles. The van der Waals surface area contributed by atoms with Crippen LogP contribution in [0, 0.1) is 0 Å². The Labute approximate surface area is 170 Å². The van der Waals surface area contributed by atoms with Crippen molar-refractivity contribution in [2.24, 2.45) is 0 Å². The first kappa shape index (κ1) is 19.2. The van der Waals surface area contributed by atoms with Crippen molar-refractivity contribution in [1.82, 2.24) is 5.32 Å². The number of sulfonamides is 1. The lowest BCUT2D eigenvalue weighted by Crippen LogP contribution is -2.41. The Bertz CT molecular complexity index is 1130. The number of benzene rings is 3. The maximum absolute atomic E-state index is 13.5. The number of nitrogens with one attached hydrogen (secondary N) is 2. The molecule has 2 N–H and O–H groups in total. The lowest BCUT2D eigenvalue weighted by atomic mass is 9.64. The molecular formula is C23H22N2O3S. The summed E-state index contributed by atoms with van der Waals surface area (Å²) in [6, 6.07) is 26.6. The van der Waals surface area contributed by atoms with E-state index in [1.165, 1.54) is 0 Å². The van der Waals surface area contributed by atoms with E-state index in [1.54, 1.807) is 12.1 Å². The first-order valence-corrected chi connectivity index (χ1v) is 11.3. The number of hydrogen-bond acceptors (Lipinski definition) is 3. The fourth-order valence-electron chi connectivity index (χ4n) is 4.31. The quantitative estimate of drug-likeness (QED) is 0.683. The lowest BCUT2D eigenvalue weighted by Gasteiger charge is -2.35. The van der Waals surface area contributed by atoms with E-state index in [1.807, 2.05) is 72.8 Å². The molecule has 1 amide bonds. The Balaban J connectivity index is 2.03. The molecule has 3 aromatic rings. The van der Waals surface area contributed by atoms with E-state index in [4.69, 9.17) is 0 Å². The summed E-state index contributed by atoms with van der Waals surface area (Å²) in [6.07, 6.45) is 1.11. The third-order valence-electron chi connectivity index (χ3n) is 5.43. The third-order valence-corrected chi connectivity index (χ3v) is 6.02. The van der Waals surface area contributed by atoms with Crippen molar-refractivity contribution in [2.75, 3.05) is 17.5 Å². The minimum Gasteiger partial charge on any atom is -0.354 e. The van der Waals surface area contributed by atoms with Gasteiger partial charge in [-0.2, -0.15) is 0 Å².